The predicted octanol–water partition coefficient (Wildman–Crippen LogP) is 4.25. The Morgan fingerprint density at radius 2 is 1.84 bits per heavy atom. The van der Waals surface area contributed by atoms with Crippen molar-refractivity contribution in [1.29, 1.82) is 5.26 Å². The van der Waals surface area contributed by atoms with Crippen LogP contribution in [-0.2, 0) is 24.4 Å². The van der Waals surface area contributed by atoms with Gasteiger partial charge >= 0.3 is 12.1 Å². The Kier molecular flexibility index (Phi) is 6.21. The van der Waals surface area contributed by atoms with E-state index in [9.17, 15) is 9.59 Å². The van der Waals surface area contributed by atoms with Gasteiger partial charge in [-0.25, -0.2) is 9.59 Å². The first kappa shape index (κ1) is 22.2. The van der Waals surface area contributed by atoms with Crippen molar-refractivity contribution in [2.75, 3.05) is 14.1 Å². The second-order valence-electron chi connectivity index (χ2n) is 8.86. The van der Waals surface area contributed by atoms with Crippen LogP contribution in [0.1, 0.15) is 43.0 Å². The fourth-order valence-corrected chi connectivity index (χ4v) is 3.45. The fourth-order valence-electron chi connectivity index (χ4n) is 3.45. The molecule has 1 aliphatic rings. The molecule has 7 heteroatoms. The monoisotopic (exact) mass is 420 g/mol. The molecule has 0 saturated heterocycles. The Bertz CT molecular complexity index is 1030. The zero-order valence-electron chi connectivity index (χ0n) is 18.7. The number of carbonyl (C=O) groups excluding carboxylic acids is 2. The average Bonchev–Trinajstić information content (AvgIpc) is 3.14. The number of benzene rings is 2. The lowest BCUT2D eigenvalue weighted by Crippen LogP contribution is -2.34. The zero-order valence-corrected chi connectivity index (χ0v) is 18.7. The summed E-state index contributed by atoms with van der Waals surface area (Å²) in [5.74, 6) is 0. The highest BCUT2D eigenvalue weighted by Crippen LogP contribution is 2.35. The SMILES string of the molecule is CN(C)C(=O)NCc1cc2c(c(-c3ccc(C#N)cc3)c1)CN(C(=O)OC(C)(C)C)C2. The molecule has 3 rings (SSSR count). The van der Waals surface area contributed by atoms with Gasteiger partial charge < -0.3 is 15.0 Å². The van der Waals surface area contributed by atoms with Gasteiger partial charge in [0.25, 0.3) is 0 Å². The molecule has 3 amide bonds. The maximum absolute atomic E-state index is 12.6. The molecule has 2 aromatic rings. The molecule has 0 aliphatic carbocycles. The summed E-state index contributed by atoms with van der Waals surface area (Å²) in [5.41, 5.74) is 5.00. The summed E-state index contributed by atoms with van der Waals surface area (Å²) in [6, 6.07) is 13.4. The molecule has 0 aromatic heterocycles. The Hall–Kier alpha value is -3.53. The van der Waals surface area contributed by atoms with Crippen LogP contribution in [0.2, 0.25) is 0 Å². The largest absolute Gasteiger partial charge is 0.444 e. The molecule has 1 aliphatic heterocycles. The second-order valence-corrected chi connectivity index (χ2v) is 8.86. The van der Waals surface area contributed by atoms with Gasteiger partial charge in [0.1, 0.15) is 5.60 Å². The highest BCUT2D eigenvalue weighted by atomic mass is 16.6. The van der Waals surface area contributed by atoms with Crippen molar-refractivity contribution in [3.8, 4) is 17.2 Å². The number of rotatable bonds is 3. The smallest absolute Gasteiger partial charge is 0.410 e. The Labute approximate surface area is 183 Å². The summed E-state index contributed by atoms with van der Waals surface area (Å²) in [4.78, 5) is 27.8. The predicted molar refractivity (Wildman–Crippen MR) is 118 cm³/mol. The first-order valence-electron chi connectivity index (χ1n) is 10.2. The summed E-state index contributed by atoms with van der Waals surface area (Å²) < 4.78 is 5.55. The van der Waals surface area contributed by atoms with Crippen LogP contribution in [0.25, 0.3) is 11.1 Å². The van der Waals surface area contributed by atoms with E-state index in [1.54, 1.807) is 31.1 Å². The number of urea groups is 1. The molecule has 1 heterocycles. The number of amides is 3. The number of fused-ring (bicyclic) bond motifs is 1. The number of nitriles is 1. The summed E-state index contributed by atoms with van der Waals surface area (Å²) in [6.45, 7) is 6.82. The van der Waals surface area contributed by atoms with E-state index in [0.29, 0.717) is 25.2 Å². The molecule has 162 valence electrons. The average molecular weight is 421 g/mol. The molecule has 0 atom stereocenters. The molecule has 2 aromatic carbocycles. The van der Waals surface area contributed by atoms with E-state index in [0.717, 1.165) is 27.8 Å². The molecular formula is C24H28N4O3. The van der Waals surface area contributed by atoms with Crippen molar-refractivity contribution in [3.63, 3.8) is 0 Å². The van der Waals surface area contributed by atoms with E-state index >= 15 is 0 Å². The van der Waals surface area contributed by atoms with Crippen molar-refractivity contribution in [2.24, 2.45) is 0 Å². The number of nitrogens with one attached hydrogen (secondary N) is 1. The van der Waals surface area contributed by atoms with Crippen LogP contribution < -0.4 is 5.32 Å². The quantitative estimate of drug-likeness (QED) is 0.804. The molecule has 0 spiro atoms. The van der Waals surface area contributed by atoms with Crippen LogP contribution in [0.3, 0.4) is 0 Å². The lowest BCUT2D eigenvalue weighted by atomic mass is 9.94. The minimum absolute atomic E-state index is 0.171. The molecule has 1 N–H and O–H groups in total. The maximum Gasteiger partial charge on any atom is 0.410 e. The van der Waals surface area contributed by atoms with Crippen LogP contribution in [0.5, 0.6) is 0 Å². The van der Waals surface area contributed by atoms with Gasteiger partial charge in [-0.2, -0.15) is 5.26 Å². The van der Waals surface area contributed by atoms with Crippen molar-refractivity contribution in [2.45, 2.75) is 46.0 Å². The molecule has 7 nitrogen and oxygen atoms in total. The normalized spacial score (nSPS) is 12.7. The zero-order chi connectivity index (χ0) is 22.8. The van der Waals surface area contributed by atoms with Crippen LogP contribution in [0, 0.1) is 11.3 Å². The maximum atomic E-state index is 12.6. The lowest BCUT2D eigenvalue weighted by Gasteiger charge is -2.24. The van der Waals surface area contributed by atoms with E-state index in [1.165, 1.54) is 4.90 Å². The van der Waals surface area contributed by atoms with Gasteiger partial charge in [-0.05, 0) is 66.8 Å². The third-order valence-corrected chi connectivity index (χ3v) is 4.94. The van der Waals surface area contributed by atoms with E-state index in [2.05, 4.69) is 11.4 Å². The number of carbonyl (C=O) groups is 2. The first-order chi connectivity index (χ1) is 14.6. The first-order valence-corrected chi connectivity index (χ1v) is 10.2. The van der Waals surface area contributed by atoms with E-state index in [1.807, 2.05) is 45.0 Å². The van der Waals surface area contributed by atoms with E-state index in [4.69, 9.17) is 10.00 Å². The van der Waals surface area contributed by atoms with Crippen LogP contribution in [0.4, 0.5) is 9.59 Å². The number of hydrogen-bond acceptors (Lipinski definition) is 4. The fraction of sp³-hybridized carbons (Fsp3) is 0.375. The minimum atomic E-state index is -0.566. The Morgan fingerprint density at radius 1 is 1.16 bits per heavy atom. The van der Waals surface area contributed by atoms with Crippen LogP contribution in [-0.4, -0.2) is 41.6 Å². The molecule has 0 unspecified atom stereocenters. The van der Waals surface area contributed by atoms with Gasteiger partial charge in [0.05, 0.1) is 18.2 Å². The Balaban J connectivity index is 1.94. The molecule has 0 fully saturated rings. The highest BCUT2D eigenvalue weighted by Gasteiger charge is 2.30. The second kappa shape index (κ2) is 8.68. The van der Waals surface area contributed by atoms with Crippen molar-refractivity contribution in [1.82, 2.24) is 15.1 Å². The van der Waals surface area contributed by atoms with Crippen LogP contribution >= 0.6 is 0 Å². The van der Waals surface area contributed by atoms with E-state index < -0.39 is 5.60 Å². The van der Waals surface area contributed by atoms with Gasteiger partial charge in [-0.3, -0.25) is 4.90 Å². The van der Waals surface area contributed by atoms with Gasteiger partial charge in [-0.15, -0.1) is 0 Å². The van der Waals surface area contributed by atoms with Crippen LogP contribution in [0.15, 0.2) is 36.4 Å². The van der Waals surface area contributed by atoms with Crippen molar-refractivity contribution in [3.05, 3.63) is 58.7 Å². The highest BCUT2D eigenvalue weighted by molar-refractivity contribution is 5.76. The lowest BCUT2D eigenvalue weighted by molar-refractivity contribution is 0.0242. The van der Waals surface area contributed by atoms with Gasteiger partial charge in [0.15, 0.2) is 0 Å². The number of ether oxygens (including phenoxy) is 1. The Morgan fingerprint density at radius 3 is 2.42 bits per heavy atom. The number of hydrogen-bond donors (Lipinski definition) is 1. The minimum Gasteiger partial charge on any atom is -0.444 e. The molecule has 0 radical (unpaired) electrons. The van der Waals surface area contributed by atoms with Crippen molar-refractivity contribution < 1.29 is 14.3 Å². The standard InChI is InChI=1S/C24H28N4O3/c1-24(2,3)31-23(30)28-14-19-10-17(13-26-22(29)27(4)5)11-20(21(19)15-28)18-8-6-16(12-25)7-9-18/h6-11H,13-15H2,1-5H3,(H,26,29). The summed E-state index contributed by atoms with van der Waals surface area (Å²) in [7, 11) is 3.39. The third-order valence-electron chi connectivity index (χ3n) is 4.94. The molecular weight excluding hydrogens is 392 g/mol. The molecule has 0 bridgehead atoms. The third kappa shape index (κ3) is 5.34. The van der Waals surface area contributed by atoms with Gasteiger partial charge in [-0.1, -0.05) is 18.2 Å². The molecule has 0 saturated carbocycles. The number of nitrogens with zero attached hydrogens (tertiary/aromatic N) is 3. The summed E-state index contributed by atoms with van der Waals surface area (Å²) >= 11 is 0. The topological polar surface area (TPSA) is 85.7 Å². The van der Waals surface area contributed by atoms with Gasteiger partial charge in [0, 0.05) is 27.2 Å². The molecule has 31 heavy (non-hydrogen) atoms. The van der Waals surface area contributed by atoms with Crippen molar-refractivity contribution >= 4 is 12.1 Å². The van der Waals surface area contributed by atoms with E-state index in [-0.39, 0.29) is 12.1 Å². The summed E-state index contributed by atoms with van der Waals surface area (Å²) in [5, 5.41) is 12.0. The summed E-state index contributed by atoms with van der Waals surface area (Å²) in [6.07, 6.45) is -0.350. The van der Waals surface area contributed by atoms with Gasteiger partial charge in [0.2, 0.25) is 0 Å².